The largest absolute Gasteiger partial charge is 0.334 e. The summed E-state index contributed by atoms with van der Waals surface area (Å²) < 4.78 is 4.42. The molecule has 1 aromatic heterocycles. The van der Waals surface area contributed by atoms with Gasteiger partial charge >= 0.3 is 0 Å². The normalized spacial score (nSPS) is 11.9. The Hall–Kier alpha value is -2.46. The molecule has 0 aliphatic rings. The fourth-order valence-corrected chi connectivity index (χ4v) is 3.17. The Kier molecular flexibility index (Phi) is 4.53. The molecular weight excluding hydrogens is 304 g/mol. The average Bonchev–Trinajstić information content (AvgIpc) is 3.11. The second-order valence-corrected chi connectivity index (χ2v) is 6.25. The van der Waals surface area contributed by atoms with Gasteiger partial charge in [0.1, 0.15) is 4.88 Å². The summed E-state index contributed by atoms with van der Waals surface area (Å²) in [6.07, 6.45) is 0. The van der Waals surface area contributed by atoms with E-state index in [9.17, 15) is 4.79 Å². The number of amides is 1. The molecule has 3 aromatic rings. The summed E-state index contributed by atoms with van der Waals surface area (Å²) in [6.45, 7) is 2.03. The Morgan fingerprint density at radius 3 is 2.30 bits per heavy atom. The summed E-state index contributed by atoms with van der Waals surface area (Å²) in [4.78, 5) is 15.1. The fourth-order valence-electron chi connectivity index (χ4n) is 2.43. The van der Waals surface area contributed by atoms with Crippen molar-refractivity contribution < 1.29 is 4.79 Å². The summed E-state index contributed by atoms with van der Waals surface area (Å²) in [5.74, 6) is 0.000958. The molecule has 0 spiro atoms. The zero-order valence-electron chi connectivity index (χ0n) is 13.1. The average molecular weight is 322 g/mol. The molecule has 0 radical (unpaired) electrons. The first-order chi connectivity index (χ1) is 11.2. The standard InChI is InChI=1S/C19H18N2OS/c1-14(15-9-5-3-6-10-15)21(2)19(22)18-13-17(20-23-18)16-11-7-4-8-12-16/h3-14H,1-2H3/t14-/m0/s1. The molecule has 1 heterocycles. The Morgan fingerprint density at radius 1 is 1.04 bits per heavy atom. The first-order valence-corrected chi connectivity index (χ1v) is 8.28. The number of hydrogen-bond acceptors (Lipinski definition) is 3. The lowest BCUT2D eigenvalue weighted by Crippen LogP contribution is -2.29. The molecule has 4 heteroatoms. The number of carbonyl (C=O) groups excluding carboxylic acids is 1. The Morgan fingerprint density at radius 2 is 1.65 bits per heavy atom. The Labute approximate surface area is 140 Å². The zero-order chi connectivity index (χ0) is 16.2. The Balaban J connectivity index is 1.79. The SMILES string of the molecule is C[C@@H](c1ccccc1)N(C)C(=O)c1cc(-c2ccccc2)ns1. The van der Waals surface area contributed by atoms with Gasteiger partial charge in [0.15, 0.2) is 0 Å². The highest BCUT2D eigenvalue weighted by atomic mass is 32.1. The van der Waals surface area contributed by atoms with Crippen LogP contribution >= 0.6 is 11.5 Å². The molecule has 0 unspecified atom stereocenters. The van der Waals surface area contributed by atoms with Crippen LogP contribution in [0.3, 0.4) is 0 Å². The van der Waals surface area contributed by atoms with E-state index in [0.717, 1.165) is 16.8 Å². The topological polar surface area (TPSA) is 33.2 Å². The van der Waals surface area contributed by atoms with E-state index in [0.29, 0.717) is 4.88 Å². The van der Waals surface area contributed by atoms with Crippen molar-refractivity contribution in [2.75, 3.05) is 7.05 Å². The molecule has 0 saturated carbocycles. The maximum Gasteiger partial charge on any atom is 0.265 e. The predicted molar refractivity (Wildman–Crippen MR) is 94.5 cm³/mol. The van der Waals surface area contributed by atoms with Crippen LogP contribution in [-0.2, 0) is 0 Å². The zero-order valence-corrected chi connectivity index (χ0v) is 14.0. The lowest BCUT2D eigenvalue weighted by atomic mass is 10.1. The Bertz CT molecular complexity index is 783. The third-order valence-electron chi connectivity index (χ3n) is 3.97. The second-order valence-electron chi connectivity index (χ2n) is 5.45. The van der Waals surface area contributed by atoms with Crippen LogP contribution in [0.4, 0.5) is 0 Å². The van der Waals surface area contributed by atoms with E-state index in [2.05, 4.69) is 4.37 Å². The minimum absolute atomic E-state index is 0.000958. The van der Waals surface area contributed by atoms with E-state index in [4.69, 9.17) is 0 Å². The van der Waals surface area contributed by atoms with E-state index in [1.54, 1.807) is 4.90 Å². The molecule has 0 saturated heterocycles. The number of hydrogen-bond donors (Lipinski definition) is 0. The van der Waals surface area contributed by atoms with E-state index >= 15 is 0 Å². The molecule has 0 aliphatic heterocycles. The number of benzene rings is 2. The van der Waals surface area contributed by atoms with Gasteiger partial charge in [-0.15, -0.1) is 0 Å². The number of rotatable bonds is 4. The molecule has 23 heavy (non-hydrogen) atoms. The van der Waals surface area contributed by atoms with E-state index in [-0.39, 0.29) is 11.9 Å². The molecule has 3 nitrogen and oxygen atoms in total. The maximum absolute atomic E-state index is 12.7. The second kappa shape index (κ2) is 6.75. The molecule has 1 amide bonds. The van der Waals surface area contributed by atoms with Gasteiger partial charge in [-0.1, -0.05) is 60.7 Å². The quantitative estimate of drug-likeness (QED) is 0.701. The molecule has 2 aromatic carbocycles. The van der Waals surface area contributed by atoms with E-state index in [1.807, 2.05) is 80.7 Å². The van der Waals surface area contributed by atoms with Gasteiger partial charge in [0.2, 0.25) is 0 Å². The molecule has 0 aliphatic carbocycles. The summed E-state index contributed by atoms with van der Waals surface area (Å²) in [5.41, 5.74) is 3.00. The monoisotopic (exact) mass is 322 g/mol. The van der Waals surface area contributed by atoms with Crippen LogP contribution in [0.2, 0.25) is 0 Å². The van der Waals surface area contributed by atoms with Gasteiger partial charge in [-0.2, -0.15) is 4.37 Å². The molecule has 0 fully saturated rings. The van der Waals surface area contributed by atoms with Crippen LogP contribution in [0.25, 0.3) is 11.3 Å². The van der Waals surface area contributed by atoms with Gasteiger partial charge in [0.25, 0.3) is 5.91 Å². The van der Waals surface area contributed by atoms with Crippen molar-refractivity contribution in [2.24, 2.45) is 0 Å². The van der Waals surface area contributed by atoms with Crippen molar-refractivity contribution in [3.05, 3.63) is 77.2 Å². The minimum atomic E-state index is 0.000958. The van der Waals surface area contributed by atoms with Gasteiger partial charge in [-0.25, -0.2) is 0 Å². The molecular formula is C19H18N2OS. The summed E-state index contributed by atoms with van der Waals surface area (Å²) >= 11 is 1.25. The van der Waals surface area contributed by atoms with Crippen molar-refractivity contribution >= 4 is 17.4 Å². The van der Waals surface area contributed by atoms with Gasteiger partial charge < -0.3 is 4.90 Å². The highest BCUT2D eigenvalue weighted by Crippen LogP contribution is 2.25. The summed E-state index contributed by atoms with van der Waals surface area (Å²) in [5, 5.41) is 0. The number of aromatic nitrogens is 1. The van der Waals surface area contributed by atoms with Gasteiger partial charge in [0.05, 0.1) is 11.7 Å². The lowest BCUT2D eigenvalue weighted by Gasteiger charge is -2.24. The third-order valence-corrected chi connectivity index (χ3v) is 4.75. The molecule has 0 N–H and O–H groups in total. The van der Waals surface area contributed by atoms with Gasteiger partial charge in [-0.05, 0) is 30.1 Å². The maximum atomic E-state index is 12.7. The number of nitrogens with zero attached hydrogens (tertiary/aromatic N) is 2. The first kappa shape index (κ1) is 15.4. The first-order valence-electron chi connectivity index (χ1n) is 7.51. The van der Waals surface area contributed by atoms with Crippen LogP contribution in [0.15, 0.2) is 66.7 Å². The van der Waals surface area contributed by atoms with E-state index in [1.165, 1.54) is 11.5 Å². The molecule has 3 rings (SSSR count). The van der Waals surface area contributed by atoms with Crippen molar-refractivity contribution in [1.29, 1.82) is 0 Å². The van der Waals surface area contributed by atoms with Crippen molar-refractivity contribution in [3.8, 4) is 11.3 Å². The summed E-state index contributed by atoms with van der Waals surface area (Å²) in [7, 11) is 1.84. The fraction of sp³-hybridized carbons (Fsp3) is 0.158. The molecule has 0 bridgehead atoms. The van der Waals surface area contributed by atoms with Gasteiger partial charge in [-0.3, -0.25) is 4.79 Å². The van der Waals surface area contributed by atoms with Gasteiger partial charge in [0, 0.05) is 12.6 Å². The highest BCUT2D eigenvalue weighted by molar-refractivity contribution is 7.08. The van der Waals surface area contributed by atoms with Crippen LogP contribution in [-0.4, -0.2) is 22.2 Å². The van der Waals surface area contributed by atoms with Crippen molar-refractivity contribution in [1.82, 2.24) is 9.27 Å². The van der Waals surface area contributed by atoms with Crippen LogP contribution < -0.4 is 0 Å². The van der Waals surface area contributed by atoms with E-state index < -0.39 is 0 Å². The van der Waals surface area contributed by atoms with Crippen LogP contribution in [0.1, 0.15) is 28.2 Å². The summed E-state index contributed by atoms with van der Waals surface area (Å²) in [6, 6.07) is 21.8. The minimum Gasteiger partial charge on any atom is -0.334 e. The molecule has 1 atom stereocenters. The lowest BCUT2D eigenvalue weighted by molar-refractivity contribution is 0.0747. The predicted octanol–water partition coefficient (Wildman–Crippen LogP) is 4.64. The van der Waals surface area contributed by atoms with Crippen molar-refractivity contribution in [3.63, 3.8) is 0 Å². The molecule has 116 valence electrons. The van der Waals surface area contributed by atoms with Crippen LogP contribution in [0.5, 0.6) is 0 Å². The third kappa shape index (κ3) is 3.32. The van der Waals surface area contributed by atoms with Crippen LogP contribution in [0, 0.1) is 0 Å². The van der Waals surface area contributed by atoms with Crippen molar-refractivity contribution in [2.45, 2.75) is 13.0 Å². The smallest absolute Gasteiger partial charge is 0.265 e. The number of carbonyl (C=O) groups is 1. The highest BCUT2D eigenvalue weighted by Gasteiger charge is 2.21.